The van der Waals surface area contributed by atoms with E-state index in [4.69, 9.17) is 0 Å². The molecule has 0 aliphatic heterocycles. The van der Waals surface area contributed by atoms with Crippen LogP contribution in [-0.4, -0.2) is 43.7 Å². The number of hydrogen-bond acceptors (Lipinski definition) is 4. The van der Waals surface area contributed by atoms with E-state index in [1.54, 1.807) is 36.3 Å². The Bertz CT molecular complexity index is 1490. The van der Waals surface area contributed by atoms with Crippen LogP contribution in [0.25, 0.3) is 22.5 Å². The maximum atomic E-state index is 13.3. The maximum Gasteiger partial charge on any atom is 0.258 e. The Balaban J connectivity index is 1.34. The van der Waals surface area contributed by atoms with Crippen LogP contribution in [0.2, 0.25) is 0 Å². The Morgan fingerprint density at radius 1 is 0.590 bits per heavy atom. The van der Waals surface area contributed by atoms with Gasteiger partial charge in [-0.05, 0) is 66.7 Å². The minimum absolute atomic E-state index is 0.141. The zero-order valence-corrected chi connectivity index (χ0v) is 22.1. The van der Waals surface area contributed by atoms with Crippen LogP contribution in [-0.2, 0) is 0 Å². The summed E-state index contributed by atoms with van der Waals surface area (Å²) in [4.78, 5) is 38.6. The minimum Gasteiger partial charge on any atom is -0.311 e. The molecule has 2 amide bonds. The number of carbonyl (C=O) groups is 2. The van der Waals surface area contributed by atoms with Gasteiger partial charge in [-0.3, -0.25) is 19.6 Å². The molecular formula is C32H27BN4O2. The molecule has 0 spiro atoms. The van der Waals surface area contributed by atoms with Crippen LogP contribution in [0.5, 0.6) is 0 Å². The third-order valence-electron chi connectivity index (χ3n) is 6.62. The predicted molar refractivity (Wildman–Crippen MR) is 159 cm³/mol. The second-order valence-corrected chi connectivity index (χ2v) is 9.34. The second-order valence-electron chi connectivity index (χ2n) is 9.34. The summed E-state index contributed by atoms with van der Waals surface area (Å²) in [5, 5.41) is 0. The lowest BCUT2D eigenvalue weighted by Crippen LogP contribution is -2.30. The Hall–Kier alpha value is -5.04. The molecule has 0 atom stereocenters. The number of amides is 2. The SMILES string of the molecule is Bc1cc(N(C)C(=O)c2ccc(-c3ccccn3)cc2)cc(N(C)C(=O)c2ccc(-c3ccccn3)cc2)c1. The normalized spacial score (nSPS) is 10.6. The third kappa shape index (κ3) is 5.62. The standard InChI is InChI=1S/C32H27BN4O2/c1-36(31(38)24-13-9-22(10-14-24)29-7-3-5-17-34-29)27-19-26(33)20-28(21-27)37(2)32(39)25-15-11-23(12-16-25)30-8-4-6-18-35-30/h3-21H,33H2,1-2H3. The van der Waals surface area contributed by atoms with Gasteiger partial charge >= 0.3 is 0 Å². The summed E-state index contributed by atoms with van der Waals surface area (Å²) in [5.41, 5.74) is 7.08. The zero-order valence-electron chi connectivity index (χ0n) is 22.1. The molecule has 0 saturated heterocycles. The molecule has 0 aliphatic carbocycles. The molecule has 0 saturated carbocycles. The second kappa shape index (κ2) is 11.1. The summed E-state index contributed by atoms with van der Waals surface area (Å²) in [6, 6.07) is 32.0. The summed E-state index contributed by atoms with van der Waals surface area (Å²) in [7, 11) is 5.43. The fraction of sp³-hybridized carbons (Fsp3) is 0.0625. The Morgan fingerprint density at radius 2 is 1.00 bits per heavy atom. The van der Waals surface area contributed by atoms with E-state index in [9.17, 15) is 9.59 Å². The van der Waals surface area contributed by atoms with Crippen molar-refractivity contribution in [3.05, 3.63) is 127 Å². The molecule has 39 heavy (non-hydrogen) atoms. The van der Waals surface area contributed by atoms with Crippen LogP contribution >= 0.6 is 0 Å². The fourth-order valence-electron chi connectivity index (χ4n) is 4.39. The van der Waals surface area contributed by atoms with Gasteiger partial charge in [-0.15, -0.1) is 0 Å². The Morgan fingerprint density at radius 3 is 1.36 bits per heavy atom. The van der Waals surface area contributed by atoms with Gasteiger partial charge in [-0.25, -0.2) is 0 Å². The first-order valence-electron chi connectivity index (χ1n) is 12.6. The van der Waals surface area contributed by atoms with Gasteiger partial charge in [0.1, 0.15) is 7.85 Å². The molecular weight excluding hydrogens is 483 g/mol. The highest BCUT2D eigenvalue weighted by atomic mass is 16.2. The maximum absolute atomic E-state index is 13.3. The van der Waals surface area contributed by atoms with Crippen molar-refractivity contribution in [2.24, 2.45) is 0 Å². The molecule has 0 N–H and O–H groups in total. The molecule has 0 aliphatic rings. The average Bonchev–Trinajstić information content (AvgIpc) is 3.00. The summed E-state index contributed by atoms with van der Waals surface area (Å²) in [6.45, 7) is 0. The molecule has 2 heterocycles. The topological polar surface area (TPSA) is 66.4 Å². The number of aromatic nitrogens is 2. The molecule has 7 heteroatoms. The van der Waals surface area contributed by atoms with Crippen molar-refractivity contribution in [3.8, 4) is 22.5 Å². The quantitative estimate of drug-likeness (QED) is 0.313. The summed E-state index contributed by atoms with van der Waals surface area (Å²) in [5.74, 6) is -0.281. The van der Waals surface area contributed by atoms with Crippen molar-refractivity contribution in [1.29, 1.82) is 0 Å². The molecule has 5 aromatic rings. The Kier molecular flexibility index (Phi) is 7.32. The van der Waals surface area contributed by atoms with Crippen LogP contribution in [0.15, 0.2) is 116 Å². The predicted octanol–water partition coefficient (Wildman–Crippen LogP) is 4.62. The van der Waals surface area contributed by atoms with E-state index in [0.29, 0.717) is 22.5 Å². The first-order valence-corrected chi connectivity index (χ1v) is 12.6. The van der Waals surface area contributed by atoms with Crippen LogP contribution in [0.3, 0.4) is 0 Å². The van der Waals surface area contributed by atoms with Crippen LogP contribution in [0.4, 0.5) is 11.4 Å². The highest BCUT2D eigenvalue weighted by Crippen LogP contribution is 2.25. The molecule has 0 bridgehead atoms. The molecule has 0 fully saturated rings. The van der Waals surface area contributed by atoms with Crippen molar-refractivity contribution in [3.63, 3.8) is 0 Å². The summed E-state index contributed by atoms with van der Waals surface area (Å²) in [6.07, 6.45) is 3.49. The van der Waals surface area contributed by atoms with E-state index >= 15 is 0 Å². The van der Waals surface area contributed by atoms with Crippen molar-refractivity contribution in [1.82, 2.24) is 9.97 Å². The number of pyridine rings is 2. The van der Waals surface area contributed by atoms with Gasteiger partial charge in [-0.1, -0.05) is 41.9 Å². The Labute approximate surface area is 229 Å². The van der Waals surface area contributed by atoms with E-state index < -0.39 is 0 Å². The molecule has 3 aromatic carbocycles. The number of hydrogen-bond donors (Lipinski definition) is 0. The third-order valence-corrected chi connectivity index (χ3v) is 6.62. The molecule has 6 nitrogen and oxygen atoms in total. The van der Waals surface area contributed by atoms with Crippen molar-refractivity contribution < 1.29 is 9.59 Å². The number of rotatable bonds is 6. The highest BCUT2D eigenvalue weighted by Gasteiger charge is 2.18. The van der Waals surface area contributed by atoms with Gasteiger partial charge in [0.2, 0.25) is 0 Å². The van der Waals surface area contributed by atoms with E-state index in [2.05, 4.69) is 9.97 Å². The van der Waals surface area contributed by atoms with Crippen molar-refractivity contribution >= 4 is 36.5 Å². The van der Waals surface area contributed by atoms with Gasteiger partial charge in [0.15, 0.2) is 0 Å². The number of carbonyl (C=O) groups excluding carboxylic acids is 2. The lowest BCUT2D eigenvalue weighted by molar-refractivity contribution is 0.0986. The van der Waals surface area contributed by atoms with Crippen LogP contribution in [0.1, 0.15) is 20.7 Å². The number of nitrogens with zero attached hydrogens (tertiary/aromatic N) is 4. The van der Waals surface area contributed by atoms with Crippen molar-refractivity contribution in [2.45, 2.75) is 0 Å². The fourth-order valence-corrected chi connectivity index (χ4v) is 4.39. The van der Waals surface area contributed by atoms with Gasteiger partial charge in [0, 0.05) is 60.1 Å². The average molecular weight is 510 g/mol. The molecule has 2 aromatic heterocycles. The van der Waals surface area contributed by atoms with E-state index in [1.807, 2.05) is 111 Å². The van der Waals surface area contributed by atoms with Crippen molar-refractivity contribution in [2.75, 3.05) is 23.9 Å². The monoisotopic (exact) mass is 510 g/mol. The van der Waals surface area contributed by atoms with E-state index in [-0.39, 0.29) is 11.8 Å². The zero-order chi connectivity index (χ0) is 27.4. The largest absolute Gasteiger partial charge is 0.311 e. The minimum atomic E-state index is -0.141. The first kappa shape index (κ1) is 25.6. The highest BCUT2D eigenvalue weighted by molar-refractivity contribution is 6.33. The van der Waals surface area contributed by atoms with Crippen LogP contribution in [0, 0.1) is 0 Å². The van der Waals surface area contributed by atoms with E-state index in [0.717, 1.165) is 28.0 Å². The van der Waals surface area contributed by atoms with Gasteiger partial charge in [0.25, 0.3) is 11.8 Å². The lowest BCUT2D eigenvalue weighted by atomic mass is 9.94. The summed E-state index contributed by atoms with van der Waals surface area (Å²) < 4.78 is 0. The molecule has 5 rings (SSSR count). The summed E-state index contributed by atoms with van der Waals surface area (Å²) >= 11 is 0. The smallest absolute Gasteiger partial charge is 0.258 e. The van der Waals surface area contributed by atoms with E-state index in [1.165, 1.54) is 0 Å². The molecule has 0 unspecified atom stereocenters. The van der Waals surface area contributed by atoms with Gasteiger partial charge in [-0.2, -0.15) is 0 Å². The van der Waals surface area contributed by atoms with Crippen LogP contribution < -0.4 is 15.3 Å². The van der Waals surface area contributed by atoms with Gasteiger partial charge < -0.3 is 9.80 Å². The number of benzene rings is 3. The molecule has 0 radical (unpaired) electrons. The molecule has 190 valence electrons. The lowest BCUT2D eigenvalue weighted by Gasteiger charge is -2.23. The first-order chi connectivity index (χ1) is 18.9. The van der Waals surface area contributed by atoms with Gasteiger partial charge in [0.05, 0.1) is 11.4 Å². The number of anilines is 2.